The fourth-order valence-electron chi connectivity index (χ4n) is 2.87. The van der Waals surface area contributed by atoms with E-state index in [9.17, 15) is 5.11 Å². The van der Waals surface area contributed by atoms with Gasteiger partial charge in [-0.05, 0) is 25.7 Å². The molecule has 1 aromatic rings. The number of rotatable bonds is 1. The molecule has 88 valence electrons. The monoisotopic (exact) mass is 222 g/mol. The van der Waals surface area contributed by atoms with E-state index >= 15 is 0 Å². The number of hydrogen-bond acceptors (Lipinski definition) is 4. The third-order valence-corrected chi connectivity index (χ3v) is 3.80. The molecule has 0 saturated heterocycles. The Labute approximate surface area is 95.1 Å². The predicted molar refractivity (Wildman–Crippen MR) is 58.7 cm³/mol. The molecule has 0 bridgehead atoms. The van der Waals surface area contributed by atoms with Crippen LogP contribution in [0, 0.1) is 0 Å². The van der Waals surface area contributed by atoms with Gasteiger partial charge in [0.1, 0.15) is 12.2 Å². The second kappa shape index (κ2) is 4.14. The van der Waals surface area contributed by atoms with Crippen LogP contribution in [0.4, 0.5) is 0 Å². The average Bonchev–Trinajstić information content (AvgIpc) is 2.75. The van der Waals surface area contributed by atoms with E-state index in [1.807, 2.05) is 6.33 Å². The van der Waals surface area contributed by atoms with Gasteiger partial charge in [0, 0.05) is 19.1 Å². The summed E-state index contributed by atoms with van der Waals surface area (Å²) in [7, 11) is 0. The summed E-state index contributed by atoms with van der Waals surface area (Å²) >= 11 is 0. The molecule has 5 heteroatoms. The molecule has 1 aromatic heterocycles. The van der Waals surface area contributed by atoms with Gasteiger partial charge >= 0.3 is 0 Å². The fourth-order valence-corrected chi connectivity index (χ4v) is 2.87. The van der Waals surface area contributed by atoms with Gasteiger partial charge in [-0.3, -0.25) is 4.90 Å². The van der Waals surface area contributed by atoms with Crippen LogP contribution in [0.5, 0.6) is 0 Å². The van der Waals surface area contributed by atoms with Crippen molar-refractivity contribution in [3.63, 3.8) is 0 Å². The van der Waals surface area contributed by atoms with Crippen LogP contribution in [0.3, 0.4) is 0 Å². The van der Waals surface area contributed by atoms with Crippen molar-refractivity contribution in [1.29, 1.82) is 0 Å². The lowest BCUT2D eigenvalue weighted by Crippen LogP contribution is -2.44. The third kappa shape index (κ3) is 1.85. The molecule has 5 nitrogen and oxygen atoms in total. The number of aromatic nitrogens is 3. The molecule has 2 aliphatic rings. The minimum atomic E-state index is -0.0986. The Balaban J connectivity index is 1.68. The van der Waals surface area contributed by atoms with E-state index in [0.29, 0.717) is 6.04 Å². The topological polar surface area (TPSA) is 54.2 Å². The summed E-state index contributed by atoms with van der Waals surface area (Å²) in [5.74, 6) is 1.06. The van der Waals surface area contributed by atoms with Crippen molar-refractivity contribution in [2.75, 3.05) is 6.54 Å². The van der Waals surface area contributed by atoms with Crippen molar-refractivity contribution in [3.8, 4) is 0 Å². The zero-order valence-electron chi connectivity index (χ0n) is 9.42. The summed E-state index contributed by atoms with van der Waals surface area (Å²) in [6.07, 6.45) is 5.97. The van der Waals surface area contributed by atoms with E-state index in [1.165, 1.54) is 6.42 Å². The summed E-state index contributed by atoms with van der Waals surface area (Å²) in [6.45, 7) is 2.93. The molecule has 1 fully saturated rings. The van der Waals surface area contributed by atoms with E-state index in [2.05, 4.69) is 19.7 Å². The lowest BCUT2D eigenvalue weighted by atomic mass is 9.91. The molecular weight excluding hydrogens is 204 g/mol. The molecule has 3 rings (SSSR count). The lowest BCUT2D eigenvalue weighted by molar-refractivity contribution is 0.0483. The largest absolute Gasteiger partial charge is 0.393 e. The van der Waals surface area contributed by atoms with E-state index in [-0.39, 0.29) is 6.10 Å². The quantitative estimate of drug-likeness (QED) is 0.747. The summed E-state index contributed by atoms with van der Waals surface area (Å²) in [5, 5.41) is 17.8. The van der Waals surface area contributed by atoms with E-state index < -0.39 is 0 Å². The molecular formula is C11H18N4O. The van der Waals surface area contributed by atoms with E-state index in [4.69, 9.17) is 0 Å². The van der Waals surface area contributed by atoms with Crippen LogP contribution in [0.1, 0.15) is 31.5 Å². The second-order valence-electron chi connectivity index (χ2n) is 4.89. The smallest absolute Gasteiger partial charge is 0.147 e. The summed E-state index contributed by atoms with van der Waals surface area (Å²) in [4.78, 5) is 2.45. The van der Waals surface area contributed by atoms with Gasteiger partial charge in [-0.2, -0.15) is 0 Å². The Morgan fingerprint density at radius 1 is 1.31 bits per heavy atom. The van der Waals surface area contributed by atoms with Crippen molar-refractivity contribution in [1.82, 2.24) is 19.7 Å². The Hall–Kier alpha value is -0.940. The van der Waals surface area contributed by atoms with Gasteiger partial charge < -0.3 is 9.67 Å². The Bertz CT molecular complexity index is 365. The molecule has 1 N–H and O–H groups in total. The van der Waals surface area contributed by atoms with Gasteiger partial charge in [0.05, 0.1) is 12.6 Å². The first kappa shape index (κ1) is 10.2. The highest BCUT2D eigenvalue weighted by Gasteiger charge is 2.28. The Morgan fingerprint density at radius 2 is 2.25 bits per heavy atom. The first-order valence-electron chi connectivity index (χ1n) is 6.12. The molecule has 1 saturated carbocycles. The van der Waals surface area contributed by atoms with Gasteiger partial charge in [0.15, 0.2) is 0 Å². The molecule has 1 aliphatic heterocycles. The van der Waals surface area contributed by atoms with Crippen molar-refractivity contribution in [2.24, 2.45) is 0 Å². The molecule has 0 radical (unpaired) electrons. The molecule has 2 heterocycles. The van der Waals surface area contributed by atoms with E-state index in [1.54, 1.807) is 0 Å². The van der Waals surface area contributed by atoms with Crippen molar-refractivity contribution in [2.45, 2.75) is 50.9 Å². The summed E-state index contributed by atoms with van der Waals surface area (Å²) in [5.41, 5.74) is 0. The maximum atomic E-state index is 9.71. The molecule has 16 heavy (non-hydrogen) atoms. The van der Waals surface area contributed by atoms with E-state index in [0.717, 1.165) is 44.7 Å². The molecule has 0 aromatic carbocycles. The Morgan fingerprint density at radius 3 is 3.12 bits per heavy atom. The van der Waals surface area contributed by atoms with Crippen LogP contribution in [-0.2, 0) is 13.1 Å². The predicted octanol–water partition coefficient (Wildman–Crippen LogP) is 0.397. The number of fused-ring (bicyclic) bond motifs is 1. The average molecular weight is 222 g/mol. The fraction of sp³-hybridized carbons (Fsp3) is 0.818. The molecule has 0 amide bonds. The van der Waals surface area contributed by atoms with Gasteiger partial charge in [0.2, 0.25) is 0 Å². The number of aliphatic hydroxyl groups is 1. The normalized spacial score (nSPS) is 31.3. The van der Waals surface area contributed by atoms with Crippen LogP contribution >= 0.6 is 0 Å². The van der Waals surface area contributed by atoms with Crippen molar-refractivity contribution in [3.05, 3.63) is 12.2 Å². The summed E-state index contributed by atoms with van der Waals surface area (Å²) in [6, 6.07) is 0.536. The zero-order chi connectivity index (χ0) is 11.0. The van der Waals surface area contributed by atoms with Crippen LogP contribution in [0.25, 0.3) is 0 Å². The van der Waals surface area contributed by atoms with Crippen LogP contribution in [-0.4, -0.2) is 43.5 Å². The second-order valence-corrected chi connectivity index (χ2v) is 4.89. The zero-order valence-corrected chi connectivity index (χ0v) is 9.42. The number of nitrogens with zero attached hydrogens (tertiary/aromatic N) is 4. The SMILES string of the molecule is OC1CCCC(N2CCn3cnnc3C2)C1. The molecule has 1 aliphatic carbocycles. The first-order valence-corrected chi connectivity index (χ1v) is 6.12. The number of hydrogen-bond donors (Lipinski definition) is 1. The highest BCUT2D eigenvalue weighted by molar-refractivity contribution is 4.93. The highest BCUT2D eigenvalue weighted by atomic mass is 16.3. The minimum absolute atomic E-state index is 0.0986. The summed E-state index contributed by atoms with van der Waals surface area (Å²) < 4.78 is 2.12. The van der Waals surface area contributed by atoms with Crippen LogP contribution < -0.4 is 0 Å². The standard InChI is InChI=1S/C11H18N4O/c16-10-3-1-2-9(6-10)14-4-5-15-8-12-13-11(15)7-14/h8-10,16H,1-7H2. The highest BCUT2D eigenvalue weighted by Crippen LogP contribution is 2.25. The Kier molecular flexibility index (Phi) is 2.65. The van der Waals surface area contributed by atoms with Gasteiger partial charge in [-0.1, -0.05) is 0 Å². The minimum Gasteiger partial charge on any atom is -0.393 e. The lowest BCUT2D eigenvalue weighted by Gasteiger charge is -2.37. The van der Waals surface area contributed by atoms with Gasteiger partial charge in [-0.15, -0.1) is 10.2 Å². The molecule has 2 unspecified atom stereocenters. The molecule has 0 spiro atoms. The van der Waals surface area contributed by atoms with Crippen molar-refractivity contribution < 1.29 is 5.11 Å². The first-order chi connectivity index (χ1) is 7.83. The van der Waals surface area contributed by atoms with Crippen LogP contribution in [0.2, 0.25) is 0 Å². The van der Waals surface area contributed by atoms with Gasteiger partial charge in [-0.25, -0.2) is 0 Å². The van der Waals surface area contributed by atoms with Crippen LogP contribution in [0.15, 0.2) is 6.33 Å². The van der Waals surface area contributed by atoms with Gasteiger partial charge in [0.25, 0.3) is 0 Å². The maximum Gasteiger partial charge on any atom is 0.147 e. The third-order valence-electron chi connectivity index (χ3n) is 3.80. The molecule has 2 atom stereocenters. The maximum absolute atomic E-state index is 9.71. The number of aliphatic hydroxyl groups excluding tert-OH is 1. The van der Waals surface area contributed by atoms with Crippen molar-refractivity contribution >= 4 is 0 Å².